The van der Waals surface area contributed by atoms with Crippen molar-refractivity contribution in [3.8, 4) is 5.75 Å². The Hall–Kier alpha value is -2.53. The number of carbonyl (C=O) groups is 1. The van der Waals surface area contributed by atoms with Gasteiger partial charge in [0.15, 0.2) is 0 Å². The molecule has 0 bridgehead atoms. The van der Waals surface area contributed by atoms with Crippen molar-refractivity contribution >= 4 is 34.8 Å². The first-order chi connectivity index (χ1) is 13.0. The number of methoxy groups -OCH3 is 1. The molecule has 1 atom stereocenters. The van der Waals surface area contributed by atoms with E-state index >= 15 is 0 Å². The van der Waals surface area contributed by atoms with Crippen LogP contribution in [0.2, 0.25) is 10.0 Å². The molecule has 4 nitrogen and oxygen atoms in total. The lowest BCUT2D eigenvalue weighted by Gasteiger charge is -2.17. The van der Waals surface area contributed by atoms with Gasteiger partial charge < -0.3 is 15.2 Å². The van der Waals surface area contributed by atoms with E-state index in [1.165, 1.54) is 13.2 Å². The van der Waals surface area contributed by atoms with Crippen LogP contribution < -0.4 is 10.1 Å². The standard InChI is InChI=1S/C21H17Cl2NO3/c1-27-19-10-7-14(11-17(19)23)21(26)24-18-9-8-15(22)12-16(18)20(25)13-5-3-2-4-6-13/h2-12,20,25H,1H3,(H,24,26)/t20-/m1/s1. The minimum Gasteiger partial charge on any atom is -0.495 e. The fraction of sp³-hybridized carbons (Fsp3) is 0.0952. The molecule has 0 spiro atoms. The van der Waals surface area contributed by atoms with Crippen molar-refractivity contribution in [3.05, 3.63) is 93.5 Å². The van der Waals surface area contributed by atoms with Gasteiger partial charge in [0.05, 0.1) is 12.1 Å². The first kappa shape index (κ1) is 19.2. The van der Waals surface area contributed by atoms with Gasteiger partial charge in [-0.1, -0.05) is 53.5 Å². The number of nitrogens with one attached hydrogen (secondary N) is 1. The van der Waals surface area contributed by atoms with E-state index < -0.39 is 6.10 Å². The van der Waals surface area contributed by atoms with Crippen LogP contribution >= 0.6 is 23.2 Å². The Morgan fingerprint density at radius 1 is 1.04 bits per heavy atom. The van der Waals surface area contributed by atoms with Crippen molar-refractivity contribution in [2.75, 3.05) is 12.4 Å². The first-order valence-electron chi connectivity index (χ1n) is 8.17. The number of aliphatic hydroxyl groups is 1. The lowest BCUT2D eigenvalue weighted by molar-refractivity contribution is 0.102. The van der Waals surface area contributed by atoms with Gasteiger partial charge in [0.1, 0.15) is 11.9 Å². The number of benzene rings is 3. The molecule has 0 radical (unpaired) electrons. The second-order valence-corrected chi connectivity index (χ2v) is 6.69. The van der Waals surface area contributed by atoms with Gasteiger partial charge in [-0.3, -0.25) is 4.79 Å². The Balaban J connectivity index is 1.91. The van der Waals surface area contributed by atoms with Gasteiger partial charge >= 0.3 is 0 Å². The van der Waals surface area contributed by atoms with Crippen molar-refractivity contribution < 1.29 is 14.6 Å². The lowest BCUT2D eigenvalue weighted by Crippen LogP contribution is -2.15. The van der Waals surface area contributed by atoms with Gasteiger partial charge in [0, 0.05) is 21.8 Å². The van der Waals surface area contributed by atoms with Crippen LogP contribution in [0.4, 0.5) is 5.69 Å². The highest BCUT2D eigenvalue weighted by molar-refractivity contribution is 6.32. The number of halogens is 2. The average Bonchev–Trinajstić information content (AvgIpc) is 2.69. The van der Waals surface area contributed by atoms with Crippen LogP contribution in [-0.2, 0) is 0 Å². The summed E-state index contributed by atoms with van der Waals surface area (Å²) in [5.74, 6) is 0.128. The van der Waals surface area contributed by atoms with Crippen molar-refractivity contribution in [1.82, 2.24) is 0 Å². The zero-order chi connectivity index (χ0) is 19.4. The van der Waals surface area contributed by atoms with E-state index in [0.29, 0.717) is 38.2 Å². The second-order valence-electron chi connectivity index (χ2n) is 5.85. The molecule has 0 saturated heterocycles. The zero-order valence-corrected chi connectivity index (χ0v) is 16.0. The van der Waals surface area contributed by atoms with Crippen molar-refractivity contribution in [1.29, 1.82) is 0 Å². The summed E-state index contributed by atoms with van der Waals surface area (Å²) in [5, 5.41) is 14.4. The minimum absolute atomic E-state index is 0.339. The van der Waals surface area contributed by atoms with Crippen LogP contribution in [-0.4, -0.2) is 18.1 Å². The second kappa shape index (κ2) is 8.44. The summed E-state index contributed by atoms with van der Waals surface area (Å²) in [7, 11) is 1.51. The average molecular weight is 402 g/mol. The van der Waals surface area contributed by atoms with Crippen LogP contribution in [0, 0.1) is 0 Å². The molecule has 6 heteroatoms. The van der Waals surface area contributed by atoms with Crippen LogP contribution in [0.15, 0.2) is 66.7 Å². The Labute approximate surface area is 167 Å². The summed E-state index contributed by atoms with van der Waals surface area (Å²) in [6.07, 6.45) is -0.931. The number of carbonyl (C=O) groups excluding carboxylic acids is 1. The van der Waals surface area contributed by atoms with Crippen molar-refractivity contribution in [3.63, 3.8) is 0 Å². The third kappa shape index (κ3) is 4.42. The monoisotopic (exact) mass is 401 g/mol. The topological polar surface area (TPSA) is 58.6 Å². The molecule has 0 aliphatic rings. The van der Waals surface area contributed by atoms with Gasteiger partial charge in [-0.05, 0) is 42.0 Å². The molecule has 0 aliphatic heterocycles. The molecule has 0 fully saturated rings. The molecule has 0 unspecified atom stereocenters. The lowest BCUT2D eigenvalue weighted by atomic mass is 9.99. The zero-order valence-electron chi connectivity index (χ0n) is 14.4. The Morgan fingerprint density at radius 3 is 2.44 bits per heavy atom. The van der Waals surface area contributed by atoms with Crippen LogP contribution in [0.25, 0.3) is 0 Å². The van der Waals surface area contributed by atoms with Gasteiger partial charge in [-0.25, -0.2) is 0 Å². The van der Waals surface area contributed by atoms with Crippen molar-refractivity contribution in [2.24, 2.45) is 0 Å². The van der Waals surface area contributed by atoms with Crippen LogP contribution in [0.1, 0.15) is 27.6 Å². The predicted molar refractivity (Wildman–Crippen MR) is 108 cm³/mol. The third-order valence-corrected chi connectivity index (χ3v) is 4.62. The quantitative estimate of drug-likeness (QED) is 0.606. The maximum atomic E-state index is 12.6. The molecular formula is C21H17Cl2NO3. The Bertz CT molecular complexity index is 961. The predicted octanol–water partition coefficient (Wildman–Crippen LogP) is 5.34. The van der Waals surface area contributed by atoms with E-state index in [1.807, 2.05) is 18.2 Å². The SMILES string of the molecule is COc1ccc(C(=O)Nc2ccc(Cl)cc2[C@H](O)c2ccccc2)cc1Cl. The van der Waals surface area contributed by atoms with Crippen LogP contribution in [0.3, 0.4) is 0 Å². The number of hydrogen-bond donors (Lipinski definition) is 2. The largest absolute Gasteiger partial charge is 0.495 e. The normalized spacial score (nSPS) is 11.7. The maximum absolute atomic E-state index is 12.6. The van der Waals surface area contributed by atoms with E-state index in [1.54, 1.807) is 42.5 Å². The highest BCUT2D eigenvalue weighted by Crippen LogP contribution is 2.31. The fourth-order valence-electron chi connectivity index (χ4n) is 2.69. The molecule has 2 N–H and O–H groups in total. The van der Waals surface area contributed by atoms with Crippen molar-refractivity contribution in [2.45, 2.75) is 6.10 Å². The molecule has 1 amide bonds. The first-order valence-corrected chi connectivity index (χ1v) is 8.92. The summed E-state index contributed by atoms with van der Waals surface area (Å²) in [6.45, 7) is 0. The van der Waals surface area contributed by atoms with E-state index in [9.17, 15) is 9.90 Å². The summed E-state index contributed by atoms with van der Waals surface area (Å²) in [5.41, 5.74) is 2.04. The van der Waals surface area contributed by atoms with Gasteiger partial charge in [-0.2, -0.15) is 0 Å². The minimum atomic E-state index is -0.931. The molecule has 0 heterocycles. The highest BCUT2D eigenvalue weighted by Gasteiger charge is 2.18. The molecule has 0 aromatic heterocycles. The molecule has 0 saturated carbocycles. The van der Waals surface area contributed by atoms with E-state index in [0.717, 1.165) is 0 Å². The number of hydrogen-bond acceptors (Lipinski definition) is 3. The van der Waals surface area contributed by atoms with Crippen LogP contribution in [0.5, 0.6) is 5.75 Å². The molecule has 27 heavy (non-hydrogen) atoms. The summed E-state index contributed by atoms with van der Waals surface area (Å²) in [4.78, 5) is 12.6. The van der Waals surface area contributed by atoms with E-state index in [2.05, 4.69) is 5.32 Å². The van der Waals surface area contributed by atoms with E-state index in [-0.39, 0.29) is 5.91 Å². The summed E-state index contributed by atoms with van der Waals surface area (Å²) >= 11 is 12.2. The molecule has 3 aromatic rings. The Morgan fingerprint density at radius 2 is 1.78 bits per heavy atom. The fourth-order valence-corrected chi connectivity index (χ4v) is 3.13. The number of anilines is 1. The number of amides is 1. The molecule has 138 valence electrons. The van der Waals surface area contributed by atoms with Gasteiger partial charge in [0.2, 0.25) is 0 Å². The summed E-state index contributed by atoms with van der Waals surface area (Å²) in [6, 6.07) is 18.9. The maximum Gasteiger partial charge on any atom is 0.255 e. The smallest absolute Gasteiger partial charge is 0.255 e. The highest BCUT2D eigenvalue weighted by atomic mass is 35.5. The number of ether oxygens (including phenoxy) is 1. The molecule has 3 aromatic carbocycles. The van der Waals surface area contributed by atoms with E-state index in [4.69, 9.17) is 27.9 Å². The third-order valence-electron chi connectivity index (χ3n) is 4.09. The van der Waals surface area contributed by atoms with Gasteiger partial charge in [0.25, 0.3) is 5.91 Å². The Kier molecular flexibility index (Phi) is 6.01. The van der Waals surface area contributed by atoms with Gasteiger partial charge in [-0.15, -0.1) is 0 Å². The summed E-state index contributed by atoms with van der Waals surface area (Å²) < 4.78 is 5.10. The molecule has 3 rings (SSSR count). The number of rotatable bonds is 5. The molecule has 0 aliphatic carbocycles. The molecular weight excluding hydrogens is 385 g/mol. The number of aliphatic hydroxyl groups excluding tert-OH is 1.